The number of aromatic nitrogens is 2. The molecule has 1 fully saturated rings. The van der Waals surface area contributed by atoms with Crippen LogP contribution in [0.3, 0.4) is 0 Å². The highest BCUT2D eigenvalue weighted by molar-refractivity contribution is 5.37. The molecule has 0 spiro atoms. The monoisotopic (exact) mass is 450 g/mol. The summed E-state index contributed by atoms with van der Waals surface area (Å²) in [4.78, 5) is 4.17. The summed E-state index contributed by atoms with van der Waals surface area (Å²) in [5.74, 6) is 0.154. The number of imidazole rings is 1. The Hall–Kier alpha value is -2.67. The van der Waals surface area contributed by atoms with Gasteiger partial charge in [0, 0.05) is 18.8 Å². The summed E-state index contributed by atoms with van der Waals surface area (Å²) in [7, 11) is 1.68. The molecular formula is C27H34N2O4. The van der Waals surface area contributed by atoms with Crippen molar-refractivity contribution in [1.29, 1.82) is 0 Å². The van der Waals surface area contributed by atoms with Crippen LogP contribution in [0.1, 0.15) is 34.2 Å². The van der Waals surface area contributed by atoms with Crippen molar-refractivity contribution in [2.24, 2.45) is 0 Å². The van der Waals surface area contributed by atoms with Crippen molar-refractivity contribution in [2.45, 2.75) is 58.7 Å². The highest BCUT2D eigenvalue weighted by Crippen LogP contribution is 2.31. The first-order valence-electron chi connectivity index (χ1n) is 11.5. The molecule has 1 aliphatic rings. The van der Waals surface area contributed by atoms with E-state index in [0.717, 1.165) is 18.6 Å². The van der Waals surface area contributed by atoms with Gasteiger partial charge in [-0.05, 0) is 61.6 Å². The lowest BCUT2D eigenvalue weighted by molar-refractivity contribution is -0.187. The van der Waals surface area contributed by atoms with Gasteiger partial charge in [0.1, 0.15) is 11.9 Å². The predicted octanol–water partition coefficient (Wildman–Crippen LogP) is 4.78. The highest BCUT2D eigenvalue weighted by Gasteiger charge is 2.41. The zero-order valence-corrected chi connectivity index (χ0v) is 20.0. The number of hydrogen-bond acceptors (Lipinski definition) is 5. The summed E-state index contributed by atoms with van der Waals surface area (Å²) in [6.45, 7) is 8.60. The van der Waals surface area contributed by atoms with Crippen LogP contribution in [0.25, 0.3) is 0 Å². The Morgan fingerprint density at radius 3 is 2.55 bits per heavy atom. The number of benzene rings is 2. The summed E-state index contributed by atoms with van der Waals surface area (Å²) < 4.78 is 26.1. The van der Waals surface area contributed by atoms with Crippen LogP contribution in [0.15, 0.2) is 55.1 Å². The van der Waals surface area contributed by atoms with Gasteiger partial charge in [0.05, 0.1) is 39.8 Å². The van der Waals surface area contributed by atoms with Gasteiger partial charge in [-0.2, -0.15) is 0 Å². The lowest BCUT2D eigenvalue weighted by atomic mass is 10.0. The van der Waals surface area contributed by atoms with Gasteiger partial charge in [-0.25, -0.2) is 4.98 Å². The SMILES string of the molecule is COc1ccc(CCC2(Cn3ccnc3)OCC(COCc3c(C)cc(C)cc3C)O2)cc1. The molecule has 2 aromatic carbocycles. The second-order valence-electron chi connectivity index (χ2n) is 8.94. The van der Waals surface area contributed by atoms with Crippen molar-refractivity contribution >= 4 is 0 Å². The molecule has 0 saturated carbocycles. The highest BCUT2D eigenvalue weighted by atomic mass is 16.8. The third kappa shape index (κ3) is 6.02. The minimum Gasteiger partial charge on any atom is -0.497 e. The zero-order chi connectivity index (χ0) is 23.3. The second kappa shape index (κ2) is 10.5. The van der Waals surface area contributed by atoms with E-state index in [4.69, 9.17) is 18.9 Å². The first kappa shape index (κ1) is 23.5. The van der Waals surface area contributed by atoms with E-state index >= 15 is 0 Å². The van der Waals surface area contributed by atoms with Gasteiger partial charge in [0.25, 0.3) is 0 Å². The third-order valence-electron chi connectivity index (χ3n) is 6.24. The summed E-state index contributed by atoms with van der Waals surface area (Å²) >= 11 is 0. The van der Waals surface area contributed by atoms with Crippen molar-refractivity contribution in [1.82, 2.24) is 9.55 Å². The lowest BCUT2D eigenvalue weighted by Crippen LogP contribution is -2.37. The molecule has 6 nitrogen and oxygen atoms in total. The summed E-state index contributed by atoms with van der Waals surface area (Å²) in [6.07, 6.45) is 7.00. The Balaban J connectivity index is 1.37. The maximum Gasteiger partial charge on any atom is 0.187 e. The molecule has 1 aromatic heterocycles. The van der Waals surface area contributed by atoms with Gasteiger partial charge in [0.2, 0.25) is 0 Å². The van der Waals surface area contributed by atoms with Crippen LogP contribution in [0.2, 0.25) is 0 Å². The fraction of sp³-hybridized carbons (Fsp3) is 0.444. The molecule has 33 heavy (non-hydrogen) atoms. The molecule has 176 valence electrons. The van der Waals surface area contributed by atoms with E-state index < -0.39 is 5.79 Å². The van der Waals surface area contributed by atoms with Crippen LogP contribution in [0.5, 0.6) is 5.75 Å². The molecule has 0 N–H and O–H groups in total. The normalized spacial score (nSPS) is 20.3. The minimum absolute atomic E-state index is 0.101. The summed E-state index contributed by atoms with van der Waals surface area (Å²) in [6, 6.07) is 12.6. The minimum atomic E-state index is -0.704. The fourth-order valence-electron chi connectivity index (χ4n) is 4.51. The average Bonchev–Trinajstić information content (AvgIpc) is 3.45. The molecule has 1 aliphatic heterocycles. The number of ether oxygens (including phenoxy) is 4. The number of hydrogen-bond donors (Lipinski definition) is 0. The Morgan fingerprint density at radius 1 is 1.12 bits per heavy atom. The molecule has 0 radical (unpaired) electrons. The molecule has 6 heteroatoms. The van der Waals surface area contributed by atoms with Crippen LogP contribution >= 0.6 is 0 Å². The quantitative estimate of drug-likeness (QED) is 0.445. The van der Waals surface area contributed by atoms with E-state index in [1.54, 1.807) is 19.6 Å². The number of methoxy groups -OCH3 is 1. The van der Waals surface area contributed by atoms with E-state index in [0.29, 0.717) is 26.4 Å². The molecule has 2 atom stereocenters. The van der Waals surface area contributed by atoms with Crippen LogP contribution < -0.4 is 4.74 Å². The molecule has 2 unspecified atom stereocenters. The van der Waals surface area contributed by atoms with E-state index in [1.807, 2.05) is 22.9 Å². The third-order valence-corrected chi connectivity index (χ3v) is 6.24. The van der Waals surface area contributed by atoms with Crippen LogP contribution in [0.4, 0.5) is 0 Å². The lowest BCUT2D eigenvalue weighted by Gasteiger charge is -2.28. The number of nitrogens with zero attached hydrogens (tertiary/aromatic N) is 2. The average molecular weight is 451 g/mol. The zero-order valence-electron chi connectivity index (χ0n) is 20.0. The molecular weight excluding hydrogens is 416 g/mol. The maximum atomic E-state index is 6.49. The Kier molecular flexibility index (Phi) is 7.48. The van der Waals surface area contributed by atoms with Crippen LogP contribution in [-0.2, 0) is 33.8 Å². The van der Waals surface area contributed by atoms with Crippen LogP contribution in [-0.4, -0.2) is 41.8 Å². The predicted molar refractivity (Wildman–Crippen MR) is 127 cm³/mol. The van der Waals surface area contributed by atoms with Gasteiger partial charge in [-0.1, -0.05) is 29.8 Å². The van der Waals surface area contributed by atoms with Gasteiger partial charge in [-0.15, -0.1) is 0 Å². The molecule has 4 rings (SSSR count). The van der Waals surface area contributed by atoms with Crippen LogP contribution in [0, 0.1) is 20.8 Å². The fourth-order valence-corrected chi connectivity index (χ4v) is 4.51. The van der Waals surface area contributed by atoms with E-state index in [-0.39, 0.29) is 6.10 Å². The second-order valence-corrected chi connectivity index (χ2v) is 8.94. The van der Waals surface area contributed by atoms with Crippen molar-refractivity contribution < 1.29 is 18.9 Å². The first-order valence-corrected chi connectivity index (χ1v) is 11.5. The van der Waals surface area contributed by atoms with Crippen molar-refractivity contribution in [3.63, 3.8) is 0 Å². The van der Waals surface area contributed by atoms with Gasteiger partial charge >= 0.3 is 0 Å². The molecule has 0 amide bonds. The number of aryl methyl sites for hydroxylation is 4. The van der Waals surface area contributed by atoms with Crippen molar-refractivity contribution in [3.05, 3.63) is 82.9 Å². The Labute approximate surface area is 196 Å². The Morgan fingerprint density at radius 2 is 1.88 bits per heavy atom. The van der Waals surface area contributed by atoms with E-state index in [1.165, 1.54) is 27.8 Å². The van der Waals surface area contributed by atoms with Gasteiger partial charge in [-0.3, -0.25) is 0 Å². The van der Waals surface area contributed by atoms with Gasteiger partial charge in [0.15, 0.2) is 5.79 Å². The number of rotatable bonds is 10. The van der Waals surface area contributed by atoms with E-state index in [9.17, 15) is 0 Å². The van der Waals surface area contributed by atoms with E-state index in [2.05, 4.69) is 50.0 Å². The maximum absolute atomic E-state index is 6.49. The summed E-state index contributed by atoms with van der Waals surface area (Å²) in [5, 5.41) is 0. The largest absolute Gasteiger partial charge is 0.497 e. The smallest absolute Gasteiger partial charge is 0.187 e. The Bertz CT molecular complexity index is 1010. The topological polar surface area (TPSA) is 54.7 Å². The first-order chi connectivity index (χ1) is 16.0. The standard InChI is InChI=1S/C27H34N2O4/c1-20-13-21(2)26(22(3)14-20)17-31-15-25-16-32-27(33-25,18-29-12-11-28-19-29)10-9-23-5-7-24(30-4)8-6-23/h5-8,11-14,19,25H,9-10,15-18H2,1-4H3. The van der Waals surface area contributed by atoms with Gasteiger partial charge < -0.3 is 23.5 Å². The summed E-state index contributed by atoms with van der Waals surface area (Å²) in [5.41, 5.74) is 6.29. The molecule has 0 aliphatic carbocycles. The van der Waals surface area contributed by atoms with Crippen molar-refractivity contribution in [2.75, 3.05) is 20.3 Å². The molecule has 3 aromatic rings. The van der Waals surface area contributed by atoms with Crippen molar-refractivity contribution in [3.8, 4) is 5.75 Å². The molecule has 0 bridgehead atoms. The molecule has 1 saturated heterocycles. The molecule has 2 heterocycles.